The number of aliphatic carboxylic acids is 1. The molecule has 0 aliphatic rings. The van der Waals surface area contributed by atoms with E-state index in [4.69, 9.17) is 9.84 Å². The fourth-order valence-corrected chi connectivity index (χ4v) is 1.70. The second-order valence-corrected chi connectivity index (χ2v) is 5.62. The molecule has 2 N–H and O–H groups in total. The largest absolute Gasteiger partial charge is 0.481 e. The quantitative estimate of drug-likeness (QED) is 0.769. The summed E-state index contributed by atoms with van der Waals surface area (Å²) in [4.78, 5) is 22.4. The number of amides is 1. The van der Waals surface area contributed by atoms with E-state index in [-0.39, 0.29) is 12.3 Å². The van der Waals surface area contributed by atoms with Crippen LogP contribution in [0.15, 0.2) is 0 Å². The summed E-state index contributed by atoms with van der Waals surface area (Å²) in [5, 5.41) is 11.5. The van der Waals surface area contributed by atoms with E-state index in [1.807, 2.05) is 13.8 Å². The van der Waals surface area contributed by atoms with Gasteiger partial charge < -0.3 is 15.2 Å². The van der Waals surface area contributed by atoms with Gasteiger partial charge in [-0.05, 0) is 33.1 Å². The van der Waals surface area contributed by atoms with Crippen LogP contribution in [0.5, 0.6) is 0 Å². The minimum Gasteiger partial charge on any atom is -0.481 e. The molecule has 5 heteroatoms. The molecule has 2 atom stereocenters. The minimum atomic E-state index is -0.918. The number of carboxylic acids is 1. The number of carbonyl (C=O) groups excluding carboxylic acids is 1. The van der Waals surface area contributed by atoms with Crippen molar-refractivity contribution in [3.8, 4) is 0 Å². The Kier molecular flexibility index (Phi) is 6.73. The van der Waals surface area contributed by atoms with Crippen molar-refractivity contribution in [1.82, 2.24) is 5.32 Å². The molecule has 0 radical (unpaired) electrons. The van der Waals surface area contributed by atoms with Gasteiger partial charge in [-0.1, -0.05) is 20.3 Å². The zero-order valence-corrected chi connectivity index (χ0v) is 11.9. The third kappa shape index (κ3) is 7.92. The molecule has 0 aromatic heterocycles. The molecule has 18 heavy (non-hydrogen) atoms. The molecule has 0 saturated heterocycles. The molecule has 0 aromatic rings. The highest BCUT2D eigenvalue weighted by molar-refractivity contribution is 5.71. The van der Waals surface area contributed by atoms with Crippen LogP contribution in [0.4, 0.5) is 4.79 Å². The van der Waals surface area contributed by atoms with Crippen LogP contribution in [0, 0.1) is 5.92 Å². The van der Waals surface area contributed by atoms with Crippen molar-refractivity contribution < 1.29 is 19.4 Å². The van der Waals surface area contributed by atoms with Gasteiger partial charge >= 0.3 is 12.1 Å². The van der Waals surface area contributed by atoms with Crippen LogP contribution in [0.2, 0.25) is 0 Å². The highest BCUT2D eigenvalue weighted by atomic mass is 16.6. The smallest absolute Gasteiger partial charge is 0.407 e. The van der Waals surface area contributed by atoms with Crippen LogP contribution in [0.1, 0.15) is 53.9 Å². The van der Waals surface area contributed by atoms with Gasteiger partial charge in [0, 0.05) is 6.04 Å². The van der Waals surface area contributed by atoms with Crippen LogP contribution >= 0.6 is 0 Å². The average molecular weight is 259 g/mol. The van der Waals surface area contributed by atoms with Crippen molar-refractivity contribution in [3.63, 3.8) is 0 Å². The summed E-state index contributed by atoms with van der Waals surface area (Å²) in [6, 6.07) is -0.391. The topological polar surface area (TPSA) is 75.6 Å². The summed E-state index contributed by atoms with van der Waals surface area (Å²) < 4.78 is 5.14. The van der Waals surface area contributed by atoms with Gasteiger partial charge in [0.05, 0.1) is 6.42 Å². The fraction of sp³-hybridized carbons (Fsp3) is 0.846. The first-order chi connectivity index (χ1) is 8.15. The SMILES string of the molecule is CCC[C@H](C)[C@@H](CC(=O)O)NC(=O)OC(C)(C)C. The molecule has 0 aliphatic carbocycles. The monoisotopic (exact) mass is 259 g/mol. The molecule has 0 fully saturated rings. The number of alkyl carbamates (subject to hydrolysis) is 1. The van der Waals surface area contributed by atoms with Crippen molar-refractivity contribution >= 4 is 12.1 Å². The lowest BCUT2D eigenvalue weighted by Gasteiger charge is -2.26. The van der Waals surface area contributed by atoms with E-state index in [2.05, 4.69) is 5.32 Å². The van der Waals surface area contributed by atoms with Gasteiger partial charge in [0.1, 0.15) is 5.60 Å². The lowest BCUT2D eigenvalue weighted by atomic mass is 9.94. The van der Waals surface area contributed by atoms with Gasteiger partial charge in [-0.15, -0.1) is 0 Å². The standard InChI is InChI=1S/C13H25NO4/c1-6-7-9(2)10(8-11(15)16)14-12(17)18-13(3,4)5/h9-10H,6-8H2,1-5H3,(H,14,17)(H,15,16)/t9-,10+/m0/s1. The number of carboxylic acid groups (broad SMARTS) is 1. The predicted molar refractivity (Wildman–Crippen MR) is 69.5 cm³/mol. The zero-order valence-electron chi connectivity index (χ0n) is 11.9. The van der Waals surface area contributed by atoms with Gasteiger partial charge in [-0.3, -0.25) is 4.79 Å². The Balaban J connectivity index is 4.48. The summed E-state index contributed by atoms with van der Waals surface area (Å²) in [5.41, 5.74) is -0.578. The number of hydrogen-bond donors (Lipinski definition) is 2. The second-order valence-electron chi connectivity index (χ2n) is 5.62. The lowest BCUT2D eigenvalue weighted by molar-refractivity contribution is -0.137. The van der Waals surface area contributed by atoms with Gasteiger partial charge in [0.2, 0.25) is 0 Å². The maximum absolute atomic E-state index is 11.6. The van der Waals surface area contributed by atoms with E-state index in [0.717, 1.165) is 12.8 Å². The molecule has 1 amide bonds. The third-order valence-corrected chi connectivity index (χ3v) is 2.53. The second kappa shape index (κ2) is 7.24. The summed E-state index contributed by atoms with van der Waals surface area (Å²) in [6.07, 6.45) is 1.18. The molecular formula is C13H25NO4. The molecule has 0 heterocycles. The number of ether oxygens (including phenoxy) is 1. The molecule has 0 rings (SSSR count). The van der Waals surface area contributed by atoms with E-state index in [0.29, 0.717) is 0 Å². The van der Waals surface area contributed by atoms with E-state index in [1.165, 1.54) is 0 Å². The van der Waals surface area contributed by atoms with Crippen molar-refractivity contribution in [3.05, 3.63) is 0 Å². The summed E-state index contributed by atoms with van der Waals surface area (Å²) in [7, 11) is 0. The highest BCUT2D eigenvalue weighted by Crippen LogP contribution is 2.15. The summed E-state index contributed by atoms with van der Waals surface area (Å²) in [6.45, 7) is 9.28. The summed E-state index contributed by atoms with van der Waals surface area (Å²) >= 11 is 0. The van der Waals surface area contributed by atoms with Gasteiger partial charge in [-0.25, -0.2) is 4.79 Å². The van der Waals surface area contributed by atoms with Crippen LogP contribution in [-0.4, -0.2) is 28.8 Å². The molecule has 0 aromatic carbocycles. The predicted octanol–water partition coefficient (Wildman–Crippen LogP) is 2.79. The van der Waals surface area contributed by atoms with Crippen molar-refractivity contribution in [2.75, 3.05) is 0 Å². The van der Waals surface area contributed by atoms with Crippen LogP contribution in [0.25, 0.3) is 0 Å². The molecule has 0 unspecified atom stereocenters. The molecular weight excluding hydrogens is 234 g/mol. The van der Waals surface area contributed by atoms with Gasteiger partial charge in [0.25, 0.3) is 0 Å². The van der Waals surface area contributed by atoms with Crippen molar-refractivity contribution in [1.29, 1.82) is 0 Å². The van der Waals surface area contributed by atoms with E-state index in [9.17, 15) is 9.59 Å². The van der Waals surface area contributed by atoms with E-state index in [1.54, 1.807) is 20.8 Å². The Morgan fingerprint density at radius 3 is 2.28 bits per heavy atom. The molecule has 0 aliphatic heterocycles. The summed E-state index contributed by atoms with van der Waals surface area (Å²) in [5.74, 6) is -0.808. The first kappa shape index (κ1) is 16.7. The maximum Gasteiger partial charge on any atom is 0.407 e. The van der Waals surface area contributed by atoms with E-state index >= 15 is 0 Å². The molecule has 5 nitrogen and oxygen atoms in total. The van der Waals surface area contributed by atoms with E-state index < -0.39 is 23.7 Å². The number of hydrogen-bond acceptors (Lipinski definition) is 3. The Labute approximate surface area is 109 Å². The van der Waals surface area contributed by atoms with Crippen LogP contribution in [0.3, 0.4) is 0 Å². The number of carbonyl (C=O) groups is 2. The molecule has 0 bridgehead atoms. The Morgan fingerprint density at radius 1 is 1.33 bits per heavy atom. The van der Waals surface area contributed by atoms with Crippen LogP contribution in [-0.2, 0) is 9.53 Å². The normalized spacial score (nSPS) is 14.7. The third-order valence-electron chi connectivity index (χ3n) is 2.53. The highest BCUT2D eigenvalue weighted by Gasteiger charge is 2.24. The van der Waals surface area contributed by atoms with Gasteiger partial charge in [0.15, 0.2) is 0 Å². The average Bonchev–Trinajstić information content (AvgIpc) is 2.13. The first-order valence-corrected chi connectivity index (χ1v) is 6.37. The van der Waals surface area contributed by atoms with Gasteiger partial charge in [-0.2, -0.15) is 0 Å². The first-order valence-electron chi connectivity index (χ1n) is 6.37. The molecule has 0 saturated carbocycles. The van der Waals surface area contributed by atoms with Crippen molar-refractivity contribution in [2.24, 2.45) is 5.92 Å². The Morgan fingerprint density at radius 2 is 1.89 bits per heavy atom. The molecule has 0 spiro atoms. The lowest BCUT2D eigenvalue weighted by Crippen LogP contribution is -2.43. The Bertz CT molecular complexity index is 283. The number of rotatable bonds is 6. The minimum absolute atomic E-state index is 0.0829. The fourth-order valence-electron chi connectivity index (χ4n) is 1.70. The Hall–Kier alpha value is -1.26. The maximum atomic E-state index is 11.6. The zero-order chi connectivity index (χ0) is 14.3. The van der Waals surface area contributed by atoms with Crippen LogP contribution < -0.4 is 5.32 Å². The van der Waals surface area contributed by atoms with Crippen molar-refractivity contribution in [2.45, 2.75) is 65.5 Å². The molecule has 106 valence electrons. The number of nitrogens with one attached hydrogen (secondary N) is 1.